The SMILES string of the molecule is CCCCCCC(CC)C1(C)NC(C(C)C)NO1. The lowest BCUT2D eigenvalue weighted by molar-refractivity contribution is -0.0933. The predicted molar refractivity (Wildman–Crippen MR) is 76.9 cm³/mol. The highest BCUT2D eigenvalue weighted by Crippen LogP contribution is 2.30. The molecule has 3 atom stereocenters. The van der Waals surface area contributed by atoms with Crippen LogP contribution in [0.5, 0.6) is 0 Å². The molecule has 1 saturated heterocycles. The molecule has 1 aliphatic rings. The minimum absolute atomic E-state index is 0.199. The molecule has 3 heteroatoms. The maximum Gasteiger partial charge on any atom is 0.141 e. The summed E-state index contributed by atoms with van der Waals surface area (Å²) in [5, 5.41) is 3.63. The summed E-state index contributed by atoms with van der Waals surface area (Å²) in [6, 6.07) is 0. The Morgan fingerprint density at radius 3 is 2.39 bits per heavy atom. The molecule has 0 saturated carbocycles. The molecule has 0 amide bonds. The lowest BCUT2D eigenvalue weighted by Crippen LogP contribution is -2.48. The van der Waals surface area contributed by atoms with E-state index in [1.54, 1.807) is 0 Å². The molecule has 1 heterocycles. The van der Waals surface area contributed by atoms with Gasteiger partial charge in [0.25, 0.3) is 0 Å². The van der Waals surface area contributed by atoms with Gasteiger partial charge in [-0.1, -0.05) is 53.4 Å². The van der Waals surface area contributed by atoms with Crippen LogP contribution in [-0.2, 0) is 4.84 Å². The Labute approximate surface area is 113 Å². The van der Waals surface area contributed by atoms with Gasteiger partial charge in [0.05, 0.1) is 6.17 Å². The number of hydroxylamine groups is 1. The fourth-order valence-corrected chi connectivity index (χ4v) is 2.74. The molecule has 0 aromatic carbocycles. The first-order valence-corrected chi connectivity index (χ1v) is 7.74. The summed E-state index contributed by atoms with van der Waals surface area (Å²) in [6.45, 7) is 11.1. The van der Waals surface area contributed by atoms with Crippen LogP contribution < -0.4 is 10.8 Å². The van der Waals surface area contributed by atoms with Crippen LogP contribution >= 0.6 is 0 Å². The molecule has 0 aromatic heterocycles. The van der Waals surface area contributed by atoms with E-state index in [1.165, 1.54) is 38.5 Å². The third kappa shape index (κ3) is 4.22. The van der Waals surface area contributed by atoms with Crippen molar-refractivity contribution in [2.45, 2.75) is 85.0 Å². The fourth-order valence-electron chi connectivity index (χ4n) is 2.74. The number of rotatable bonds is 8. The van der Waals surface area contributed by atoms with E-state index in [-0.39, 0.29) is 11.9 Å². The maximum atomic E-state index is 5.86. The molecule has 0 bridgehead atoms. The quantitative estimate of drug-likeness (QED) is 0.648. The van der Waals surface area contributed by atoms with Gasteiger partial charge in [-0.15, -0.1) is 0 Å². The summed E-state index contributed by atoms with van der Waals surface area (Å²) in [4.78, 5) is 5.86. The Kier molecular flexibility index (Phi) is 6.61. The topological polar surface area (TPSA) is 33.3 Å². The van der Waals surface area contributed by atoms with Crippen molar-refractivity contribution < 1.29 is 4.84 Å². The average molecular weight is 256 g/mol. The molecule has 2 N–H and O–H groups in total. The summed E-state index contributed by atoms with van der Waals surface area (Å²) in [5.74, 6) is 1.13. The van der Waals surface area contributed by atoms with Gasteiger partial charge < -0.3 is 0 Å². The number of hydrogen-bond acceptors (Lipinski definition) is 3. The molecule has 3 nitrogen and oxygen atoms in total. The first kappa shape index (κ1) is 15.9. The zero-order valence-corrected chi connectivity index (χ0v) is 12.9. The Morgan fingerprint density at radius 2 is 1.89 bits per heavy atom. The van der Waals surface area contributed by atoms with Gasteiger partial charge in [-0.05, 0) is 25.7 Å². The monoisotopic (exact) mass is 256 g/mol. The van der Waals surface area contributed by atoms with Crippen LogP contribution in [0.15, 0.2) is 0 Å². The van der Waals surface area contributed by atoms with Gasteiger partial charge in [0, 0.05) is 5.92 Å². The Morgan fingerprint density at radius 1 is 1.17 bits per heavy atom. The summed E-state index contributed by atoms with van der Waals surface area (Å²) in [5.41, 5.74) is 2.95. The van der Waals surface area contributed by atoms with Crippen molar-refractivity contribution in [3.63, 3.8) is 0 Å². The van der Waals surface area contributed by atoms with Crippen molar-refractivity contribution in [3.8, 4) is 0 Å². The highest BCUT2D eigenvalue weighted by atomic mass is 16.7. The molecule has 3 unspecified atom stereocenters. The van der Waals surface area contributed by atoms with Crippen molar-refractivity contribution in [2.24, 2.45) is 11.8 Å². The lowest BCUT2D eigenvalue weighted by Gasteiger charge is -2.32. The first-order valence-electron chi connectivity index (χ1n) is 7.74. The molecule has 0 aliphatic carbocycles. The Hall–Kier alpha value is -0.120. The van der Waals surface area contributed by atoms with Crippen LogP contribution in [0.4, 0.5) is 0 Å². The molecule has 1 rings (SSSR count). The van der Waals surface area contributed by atoms with E-state index >= 15 is 0 Å². The molecular weight excluding hydrogens is 224 g/mol. The third-order valence-corrected chi connectivity index (χ3v) is 4.18. The lowest BCUT2D eigenvalue weighted by atomic mass is 9.88. The van der Waals surface area contributed by atoms with E-state index < -0.39 is 0 Å². The molecule has 18 heavy (non-hydrogen) atoms. The zero-order valence-electron chi connectivity index (χ0n) is 12.9. The largest absolute Gasteiger partial charge is 0.278 e. The molecular formula is C15H32N2O. The minimum Gasteiger partial charge on any atom is -0.278 e. The maximum absolute atomic E-state index is 5.86. The van der Waals surface area contributed by atoms with E-state index in [0.717, 1.165) is 0 Å². The van der Waals surface area contributed by atoms with Crippen LogP contribution in [0, 0.1) is 11.8 Å². The van der Waals surface area contributed by atoms with Gasteiger partial charge in [-0.3, -0.25) is 10.2 Å². The second kappa shape index (κ2) is 7.46. The molecule has 108 valence electrons. The van der Waals surface area contributed by atoms with Crippen molar-refractivity contribution >= 4 is 0 Å². The summed E-state index contributed by atoms with van der Waals surface area (Å²) in [6.07, 6.45) is 8.03. The molecule has 1 aliphatic heterocycles. The van der Waals surface area contributed by atoms with Crippen LogP contribution in [0.1, 0.15) is 73.1 Å². The second-order valence-corrected chi connectivity index (χ2v) is 6.15. The van der Waals surface area contributed by atoms with Crippen molar-refractivity contribution in [3.05, 3.63) is 0 Å². The smallest absolute Gasteiger partial charge is 0.141 e. The molecule has 0 aromatic rings. The molecule has 0 spiro atoms. The minimum atomic E-state index is -0.199. The van der Waals surface area contributed by atoms with E-state index in [0.29, 0.717) is 11.8 Å². The van der Waals surface area contributed by atoms with Crippen LogP contribution in [0.3, 0.4) is 0 Å². The van der Waals surface area contributed by atoms with E-state index in [4.69, 9.17) is 4.84 Å². The van der Waals surface area contributed by atoms with Gasteiger partial charge in [-0.25, -0.2) is 0 Å². The van der Waals surface area contributed by atoms with Crippen LogP contribution in [0.2, 0.25) is 0 Å². The number of hydrogen-bond donors (Lipinski definition) is 2. The highest BCUT2D eigenvalue weighted by molar-refractivity contribution is 4.88. The summed E-state index contributed by atoms with van der Waals surface area (Å²) < 4.78 is 0. The van der Waals surface area contributed by atoms with E-state index in [2.05, 4.69) is 45.4 Å². The Bertz CT molecular complexity index is 233. The standard InChI is InChI=1S/C15H32N2O/c1-6-8-9-10-11-13(7-2)15(5)16-14(12(3)4)17-18-15/h12-14,16-17H,6-11H2,1-5H3. The van der Waals surface area contributed by atoms with Gasteiger partial charge in [0.2, 0.25) is 0 Å². The van der Waals surface area contributed by atoms with Crippen molar-refractivity contribution in [1.29, 1.82) is 0 Å². The first-order chi connectivity index (χ1) is 8.53. The van der Waals surface area contributed by atoms with Gasteiger partial charge >= 0.3 is 0 Å². The van der Waals surface area contributed by atoms with Crippen molar-refractivity contribution in [1.82, 2.24) is 10.8 Å². The van der Waals surface area contributed by atoms with Crippen LogP contribution in [-0.4, -0.2) is 11.9 Å². The van der Waals surface area contributed by atoms with Gasteiger partial charge in [-0.2, -0.15) is 5.48 Å². The normalized spacial score (nSPS) is 30.0. The number of nitrogens with one attached hydrogen (secondary N) is 2. The van der Waals surface area contributed by atoms with E-state index in [1.807, 2.05) is 0 Å². The zero-order chi connectivity index (χ0) is 13.6. The van der Waals surface area contributed by atoms with E-state index in [9.17, 15) is 0 Å². The van der Waals surface area contributed by atoms with Crippen molar-refractivity contribution in [2.75, 3.05) is 0 Å². The van der Waals surface area contributed by atoms with Gasteiger partial charge in [0.1, 0.15) is 5.72 Å². The van der Waals surface area contributed by atoms with Gasteiger partial charge in [0.15, 0.2) is 0 Å². The fraction of sp³-hybridized carbons (Fsp3) is 1.00. The second-order valence-electron chi connectivity index (χ2n) is 6.15. The highest BCUT2D eigenvalue weighted by Gasteiger charge is 2.42. The molecule has 0 radical (unpaired) electrons. The summed E-state index contributed by atoms with van der Waals surface area (Å²) >= 11 is 0. The predicted octanol–water partition coefficient (Wildman–Crippen LogP) is 3.81. The average Bonchev–Trinajstić information content (AvgIpc) is 2.73. The Balaban J connectivity index is 2.43. The summed E-state index contributed by atoms with van der Waals surface area (Å²) in [7, 11) is 0. The molecule has 1 fully saturated rings. The van der Waals surface area contributed by atoms with Crippen LogP contribution in [0.25, 0.3) is 0 Å². The third-order valence-electron chi connectivity index (χ3n) is 4.18. The number of unbranched alkanes of at least 4 members (excludes halogenated alkanes) is 3.